The van der Waals surface area contributed by atoms with Gasteiger partial charge in [-0.2, -0.15) is 13.2 Å². The number of aliphatic carboxylic acids is 1. The van der Waals surface area contributed by atoms with Crippen molar-refractivity contribution >= 4 is 29.2 Å². The molecule has 1 amide bonds. The van der Waals surface area contributed by atoms with E-state index in [0.717, 1.165) is 25.2 Å². The van der Waals surface area contributed by atoms with Gasteiger partial charge in [0.2, 0.25) is 0 Å². The molecule has 2 aromatic rings. The third kappa shape index (κ3) is 7.12. The second-order valence-electron chi connectivity index (χ2n) is 7.69. The molecular formula is C23H25F3N2O6. The summed E-state index contributed by atoms with van der Waals surface area (Å²) >= 11 is 0. The average Bonchev–Trinajstić information content (AvgIpc) is 2.78. The van der Waals surface area contributed by atoms with Crippen LogP contribution in [0.4, 0.5) is 24.5 Å². The molecule has 1 unspecified atom stereocenters. The van der Waals surface area contributed by atoms with Crippen LogP contribution in [0, 0.1) is 5.92 Å². The van der Waals surface area contributed by atoms with Crippen LogP contribution >= 0.6 is 0 Å². The van der Waals surface area contributed by atoms with E-state index in [4.69, 9.17) is 14.6 Å². The van der Waals surface area contributed by atoms with Crippen molar-refractivity contribution in [2.75, 3.05) is 30.4 Å². The van der Waals surface area contributed by atoms with Crippen molar-refractivity contribution < 1.29 is 42.5 Å². The molecule has 0 aliphatic carbocycles. The summed E-state index contributed by atoms with van der Waals surface area (Å²) in [5, 5.41) is 19.5. The van der Waals surface area contributed by atoms with Gasteiger partial charge in [-0.05, 0) is 49.1 Å². The number of hydrogen-bond acceptors (Lipinski definition) is 5. The standard InChI is InChI=1S/C21H24N2O4.C2HF3O2/c1-14-6-5-11-23(13-14)15-9-10-18(17(12-15)21(25)26)22-20(24)16-7-3-4-8-19(16)27-2;3-2(4,5)1(6)7/h3-4,7-10,12,14H,5-6,11,13H2,1-2H3,(H,22,24)(H,25,26);(H,6,7). The van der Waals surface area contributed by atoms with E-state index in [2.05, 4.69) is 17.1 Å². The van der Waals surface area contributed by atoms with Gasteiger partial charge in [-0.15, -0.1) is 0 Å². The van der Waals surface area contributed by atoms with E-state index in [1.165, 1.54) is 13.5 Å². The number of alkyl halides is 3. The number of halogens is 3. The predicted octanol–water partition coefficient (Wildman–Crippen LogP) is 4.52. The van der Waals surface area contributed by atoms with E-state index in [1.54, 1.807) is 36.4 Å². The molecule has 1 fully saturated rings. The van der Waals surface area contributed by atoms with Crippen molar-refractivity contribution in [2.45, 2.75) is 25.9 Å². The number of aromatic carboxylic acids is 1. The SMILES string of the molecule is COc1ccccc1C(=O)Nc1ccc(N2CCCC(C)C2)cc1C(=O)O.O=C(O)C(F)(F)F. The highest BCUT2D eigenvalue weighted by molar-refractivity contribution is 6.09. The van der Waals surface area contributed by atoms with Crippen molar-refractivity contribution in [2.24, 2.45) is 5.92 Å². The number of methoxy groups -OCH3 is 1. The molecule has 0 aromatic heterocycles. The van der Waals surface area contributed by atoms with Crippen molar-refractivity contribution in [3.63, 3.8) is 0 Å². The first-order valence-corrected chi connectivity index (χ1v) is 10.3. The van der Waals surface area contributed by atoms with E-state index in [-0.39, 0.29) is 11.3 Å². The number of carboxylic acid groups (broad SMARTS) is 2. The minimum atomic E-state index is -5.08. The Morgan fingerprint density at radius 3 is 2.29 bits per heavy atom. The molecule has 8 nitrogen and oxygen atoms in total. The van der Waals surface area contributed by atoms with Crippen LogP contribution in [0.25, 0.3) is 0 Å². The van der Waals surface area contributed by atoms with Gasteiger partial charge < -0.3 is 25.2 Å². The van der Waals surface area contributed by atoms with Gasteiger partial charge in [-0.3, -0.25) is 4.79 Å². The van der Waals surface area contributed by atoms with Gasteiger partial charge in [0.1, 0.15) is 5.75 Å². The third-order valence-corrected chi connectivity index (χ3v) is 5.10. The van der Waals surface area contributed by atoms with Crippen LogP contribution in [0.2, 0.25) is 0 Å². The highest BCUT2D eigenvalue weighted by Crippen LogP contribution is 2.28. The fraction of sp³-hybridized carbons (Fsp3) is 0.348. The summed E-state index contributed by atoms with van der Waals surface area (Å²) in [6.45, 7) is 4.02. The molecule has 11 heteroatoms. The molecule has 0 radical (unpaired) electrons. The van der Waals surface area contributed by atoms with Crippen molar-refractivity contribution in [1.29, 1.82) is 0 Å². The number of nitrogens with zero attached hydrogens (tertiary/aromatic N) is 1. The number of benzene rings is 2. The lowest BCUT2D eigenvalue weighted by molar-refractivity contribution is -0.192. The summed E-state index contributed by atoms with van der Waals surface area (Å²) in [6.07, 6.45) is -2.80. The van der Waals surface area contributed by atoms with E-state index in [1.807, 2.05) is 6.07 Å². The molecule has 2 aromatic carbocycles. The Morgan fingerprint density at radius 1 is 1.09 bits per heavy atom. The first-order valence-electron chi connectivity index (χ1n) is 10.3. The fourth-order valence-corrected chi connectivity index (χ4v) is 3.46. The molecule has 0 saturated carbocycles. The minimum Gasteiger partial charge on any atom is -0.496 e. The van der Waals surface area contributed by atoms with Gasteiger partial charge >= 0.3 is 18.1 Å². The number of carbonyl (C=O) groups is 3. The number of hydrogen-bond donors (Lipinski definition) is 3. The molecular weight excluding hydrogens is 457 g/mol. The van der Waals surface area contributed by atoms with E-state index in [0.29, 0.717) is 17.2 Å². The van der Waals surface area contributed by atoms with Crippen LogP contribution in [-0.2, 0) is 4.79 Å². The van der Waals surface area contributed by atoms with Crippen LogP contribution in [0.15, 0.2) is 42.5 Å². The Morgan fingerprint density at radius 2 is 1.74 bits per heavy atom. The van der Waals surface area contributed by atoms with Gasteiger partial charge in [-0.1, -0.05) is 19.1 Å². The second-order valence-corrected chi connectivity index (χ2v) is 7.69. The van der Waals surface area contributed by atoms with Crippen molar-refractivity contribution in [1.82, 2.24) is 0 Å². The lowest BCUT2D eigenvalue weighted by atomic mass is 9.99. The van der Waals surface area contributed by atoms with Crippen LogP contribution < -0.4 is 15.0 Å². The average molecular weight is 482 g/mol. The summed E-state index contributed by atoms with van der Waals surface area (Å²) in [6, 6.07) is 12.0. The zero-order valence-electron chi connectivity index (χ0n) is 18.6. The Hall–Kier alpha value is -3.76. The molecule has 1 aliphatic heterocycles. The minimum absolute atomic E-state index is 0.0778. The quantitative estimate of drug-likeness (QED) is 0.574. The highest BCUT2D eigenvalue weighted by Gasteiger charge is 2.38. The van der Waals surface area contributed by atoms with E-state index < -0.39 is 24.0 Å². The number of ether oxygens (including phenoxy) is 1. The molecule has 1 aliphatic rings. The fourth-order valence-electron chi connectivity index (χ4n) is 3.46. The number of rotatable bonds is 5. The van der Waals surface area contributed by atoms with E-state index in [9.17, 15) is 27.9 Å². The van der Waals surface area contributed by atoms with Crippen molar-refractivity contribution in [3.05, 3.63) is 53.6 Å². The highest BCUT2D eigenvalue weighted by atomic mass is 19.4. The lowest BCUT2D eigenvalue weighted by Gasteiger charge is -2.33. The summed E-state index contributed by atoms with van der Waals surface area (Å²) in [5.41, 5.74) is 1.57. The molecule has 0 bridgehead atoms. The monoisotopic (exact) mass is 482 g/mol. The van der Waals surface area contributed by atoms with Gasteiger partial charge in [0, 0.05) is 18.8 Å². The van der Waals surface area contributed by atoms with Crippen LogP contribution in [0.1, 0.15) is 40.5 Å². The summed E-state index contributed by atoms with van der Waals surface area (Å²) in [7, 11) is 1.49. The smallest absolute Gasteiger partial charge is 0.490 e. The molecule has 1 saturated heterocycles. The number of carboxylic acids is 2. The summed E-state index contributed by atoms with van der Waals surface area (Å²) < 4.78 is 36.9. The molecule has 0 spiro atoms. The molecule has 3 N–H and O–H groups in total. The maximum atomic E-state index is 12.6. The van der Waals surface area contributed by atoms with Crippen LogP contribution in [0.3, 0.4) is 0 Å². The van der Waals surface area contributed by atoms with Gasteiger partial charge in [0.25, 0.3) is 5.91 Å². The molecule has 34 heavy (non-hydrogen) atoms. The number of piperidine rings is 1. The topological polar surface area (TPSA) is 116 Å². The lowest BCUT2D eigenvalue weighted by Crippen LogP contribution is -2.34. The first kappa shape index (κ1) is 26.5. The Balaban J connectivity index is 0.000000509. The Bertz CT molecular complexity index is 1040. The number of para-hydroxylation sites is 1. The zero-order valence-corrected chi connectivity index (χ0v) is 18.6. The first-order chi connectivity index (χ1) is 15.9. The number of carbonyl (C=O) groups excluding carboxylic acids is 1. The molecule has 1 heterocycles. The maximum absolute atomic E-state index is 12.6. The maximum Gasteiger partial charge on any atom is 0.490 e. The third-order valence-electron chi connectivity index (χ3n) is 5.10. The zero-order chi connectivity index (χ0) is 25.5. The number of nitrogens with one attached hydrogen (secondary N) is 1. The largest absolute Gasteiger partial charge is 0.496 e. The molecule has 184 valence electrons. The summed E-state index contributed by atoms with van der Waals surface area (Å²) in [4.78, 5) is 35.5. The van der Waals surface area contributed by atoms with E-state index >= 15 is 0 Å². The number of amides is 1. The van der Waals surface area contributed by atoms with Gasteiger partial charge in [0.15, 0.2) is 0 Å². The Labute approximate surface area is 193 Å². The molecule has 3 rings (SSSR count). The van der Waals surface area contributed by atoms with Crippen molar-refractivity contribution in [3.8, 4) is 5.75 Å². The van der Waals surface area contributed by atoms with Gasteiger partial charge in [-0.25, -0.2) is 9.59 Å². The summed E-state index contributed by atoms with van der Waals surface area (Å²) in [5.74, 6) is -3.22. The normalized spacial score (nSPS) is 15.6. The van der Waals surface area contributed by atoms with Crippen LogP contribution in [-0.4, -0.2) is 54.4 Å². The van der Waals surface area contributed by atoms with Crippen LogP contribution in [0.5, 0.6) is 5.75 Å². The molecule has 1 atom stereocenters. The second kappa shape index (κ2) is 11.4. The predicted molar refractivity (Wildman–Crippen MR) is 119 cm³/mol. The Kier molecular flexibility index (Phi) is 8.88. The van der Waals surface area contributed by atoms with Gasteiger partial charge in [0.05, 0.1) is 23.9 Å². The number of anilines is 2.